The van der Waals surface area contributed by atoms with Gasteiger partial charge in [-0.2, -0.15) is 5.26 Å². The van der Waals surface area contributed by atoms with Crippen LogP contribution in [0.5, 0.6) is 0 Å². The molecule has 0 saturated carbocycles. The summed E-state index contributed by atoms with van der Waals surface area (Å²) in [5.41, 5.74) is -1.46. The first-order chi connectivity index (χ1) is 8.95. The van der Waals surface area contributed by atoms with Gasteiger partial charge in [-0.3, -0.25) is 14.3 Å². The SMILES string of the molecule is N#CC(O)[C@H]1O[C@@H](n2ccc(=O)[nH]c2=O)[C@H](O)[C@@H]1O. The number of H-pyrrole nitrogens is 1. The van der Waals surface area contributed by atoms with Crippen molar-refractivity contribution in [3.63, 3.8) is 0 Å². The van der Waals surface area contributed by atoms with Gasteiger partial charge in [0.15, 0.2) is 12.3 Å². The number of aromatic nitrogens is 2. The van der Waals surface area contributed by atoms with Gasteiger partial charge in [0.1, 0.15) is 18.3 Å². The molecule has 4 N–H and O–H groups in total. The van der Waals surface area contributed by atoms with Crippen molar-refractivity contribution in [2.75, 3.05) is 0 Å². The molecule has 1 saturated heterocycles. The lowest BCUT2D eigenvalue weighted by Gasteiger charge is -2.16. The third kappa shape index (κ3) is 2.29. The maximum atomic E-state index is 11.5. The molecule has 9 heteroatoms. The lowest BCUT2D eigenvalue weighted by molar-refractivity contribution is -0.0709. The summed E-state index contributed by atoms with van der Waals surface area (Å²) in [7, 11) is 0. The highest BCUT2D eigenvalue weighted by Crippen LogP contribution is 2.29. The van der Waals surface area contributed by atoms with Crippen LogP contribution in [0.3, 0.4) is 0 Å². The van der Waals surface area contributed by atoms with Crippen molar-refractivity contribution in [1.29, 1.82) is 5.26 Å². The summed E-state index contributed by atoms with van der Waals surface area (Å²) in [5, 5.41) is 37.3. The Morgan fingerprint density at radius 1 is 1.42 bits per heavy atom. The highest BCUT2D eigenvalue weighted by Gasteiger charge is 2.47. The second-order valence-corrected chi connectivity index (χ2v) is 4.06. The summed E-state index contributed by atoms with van der Waals surface area (Å²) in [4.78, 5) is 24.4. The molecule has 0 spiro atoms. The number of aliphatic hydroxyl groups excluding tert-OH is 3. The van der Waals surface area contributed by atoms with Crippen molar-refractivity contribution in [3.05, 3.63) is 33.1 Å². The third-order valence-electron chi connectivity index (χ3n) is 2.84. The standard InChI is InChI=1S/C10H11N3O6/c11-3-4(14)8-6(16)7(17)9(19-8)13-2-1-5(15)12-10(13)18/h1-2,4,6-9,14,16-17H,(H,12,15,18)/t4?,6-,7+,8+,9+/m0/s1. The van der Waals surface area contributed by atoms with Gasteiger partial charge in [-0.15, -0.1) is 0 Å². The molecule has 2 heterocycles. The molecule has 1 unspecified atom stereocenters. The Bertz CT molecular complexity index is 617. The van der Waals surface area contributed by atoms with Gasteiger partial charge < -0.3 is 20.1 Å². The molecule has 0 aliphatic carbocycles. The van der Waals surface area contributed by atoms with Crippen molar-refractivity contribution in [1.82, 2.24) is 9.55 Å². The smallest absolute Gasteiger partial charge is 0.330 e. The van der Waals surface area contributed by atoms with Crippen molar-refractivity contribution < 1.29 is 20.1 Å². The van der Waals surface area contributed by atoms with Crippen molar-refractivity contribution >= 4 is 0 Å². The summed E-state index contributed by atoms with van der Waals surface area (Å²) < 4.78 is 5.97. The number of aliphatic hydroxyl groups is 3. The molecule has 1 aliphatic rings. The van der Waals surface area contributed by atoms with Gasteiger partial charge in [0, 0.05) is 12.3 Å². The van der Waals surface area contributed by atoms with Crippen molar-refractivity contribution in [2.24, 2.45) is 0 Å². The maximum Gasteiger partial charge on any atom is 0.330 e. The van der Waals surface area contributed by atoms with Gasteiger partial charge in [0.25, 0.3) is 5.56 Å². The first kappa shape index (κ1) is 13.4. The molecule has 1 aliphatic heterocycles. The lowest BCUT2D eigenvalue weighted by Crippen LogP contribution is -2.39. The quantitative estimate of drug-likeness (QED) is 0.419. The van der Waals surface area contributed by atoms with Gasteiger partial charge in [-0.1, -0.05) is 0 Å². The fourth-order valence-electron chi connectivity index (χ4n) is 1.88. The number of aromatic amines is 1. The minimum Gasteiger partial charge on any atom is -0.387 e. The van der Waals surface area contributed by atoms with Crippen LogP contribution in [0.4, 0.5) is 0 Å². The monoisotopic (exact) mass is 269 g/mol. The molecule has 5 atom stereocenters. The molecule has 9 nitrogen and oxygen atoms in total. The number of nitriles is 1. The third-order valence-corrected chi connectivity index (χ3v) is 2.84. The van der Waals surface area contributed by atoms with E-state index in [0.29, 0.717) is 0 Å². The normalized spacial score (nSPS) is 31.9. The highest BCUT2D eigenvalue weighted by atomic mass is 16.6. The fourth-order valence-corrected chi connectivity index (χ4v) is 1.88. The minimum absolute atomic E-state index is 0.622. The van der Waals surface area contributed by atoms with E-state index < -0.39 is 41.9 Å². The number of hydrogen-bond donors (Lipinski definition) is 4. The van der Waals surface area contributed by atoms with Crippen LogP contribution >= 0.6 is 0 Å². The van der Waals surface area contributed by atoms with Crippen LogP contribution in [0.15, 0.2) is 21.9 Å². The van der Waals surface area contributed by atoms with Gasteiger partial charge in [-0.25, -0.2) is 4.79 Å². The second-order valence-electron chi connectivity index (χ2n) is 4.06. The number of hydrogen-bond acceptors (Lipinski definition) is 7. The van der Waals surface area contributed by atoms with Crippen LogP contribution in [0.25, 0.3) is 0 Å². The van der Waals surface area contributed by atoms with Crippen LogP contribution in [0, 0.1) is 11.3 Å². The largest absolute Gasteiger partial charge is 0.387 e. The van der Waals surface area contributed by atoms with E-state index in [2.05, 4.69) is 0 Å². The number of rotatable bonds is 2. The Balaban J connectivity index is 2.35. The Morgan fingerprint density at radius 3 is 2.68 bits per heavy atom. The predicted molar refractivity (Wildman–Crippen MR) is 58.9 cm³/mol. The highest BCUT2D eigenvalue weighted by molar-refractivity contribution is 5.01. The molecule has 2 rings (SSSR count). The zero-order valence-corrected chi connectivity index (χ0v) is 9.50. The first-order valence-electron chi connectivity index (χ1n) is 5.36. The molecular weight excluding hydrogens is 258 g/mol. The molecule has 1 aromatic rings. The number of ether oxygens (including phenoxy) is 1. The van der Waals surface area contributed by atoms with Crippen LogP contribution in [-0.2, 0) is 4.74 Å². The van der Waals surface area contributed by atoms with E-state index in [9.17, 15) is 24.9 Å². The molecular formula is C10H11N3O6. The Kier molecular flexibility index (Phi) is 3.50. The summed E-state index contributed by atoms with van der Waals surface area (Å²) in [6.45, 7) is 0. The molecule has 0 amide bonds. The van der Waals surface area contributed by atoms with E-state index in [1.165, 1.54) is 6.07 Å². The topological polar surface area (TPSA) is 149 Å². The zero-order valence-electron chi connectivity index (χ0n) is 9.50. The van der Waals surface area contributed by atoms with E-state index >= 15 is 0 Å². The Morgan fingerprint density at radius 2 is 2.11 bits per heavy atom. The van der Waals surface area contributed by atoms with Gasteiger partial charge in [-0.05, 0) is 0 Å². The van der Waals surface area contributed by atoms with E-state index in [-0.39, 0.29) is 0 Å². The fraction of sp³-hybridized carbons (Fsp3) is 0.500. The number of nitrogens with zero attached hydrogens (tertiary/aromatic N) is 2. The van der Waals surface area contributed by atoms with Crippen LogP contribution in [0.1, 0.15) is 6.23 Å². The lowest BCUT2D eigenvalue weighted by atomic mass is 10.1. The van der Waals surface area contributed by atoms with E-state index in [1.807, 2.05) is 4.98 Å². The predicted octanol–water partition coefficient (Wildman–Crippen LogP) is -2.96. The van der Waals surface area contributed by atoms with Crippen LogP contribution < -0.4 is 11.2 Å². The first-order valence-corrected chi connectivity index (χ1v) is 5.36. The van der Waals surface area contributed by atoms with Crippen LogP contribution in [0.2, 0.25) is 0 Å². The van der Waals surface area contributed by atoms with E-state index in [0.717, 1.165) is 16.8 Å². The minimum atomic E-state index is -1.65. The number of nitrogens with one attached hydrogen (secondary N) is 1. The zero-order chi connectivity index (χ0) is 14.2. The molecule has 1 fully saturated rings. The summed E-state index contributed by atoms with van der Waals surface area (Å²) >= 11 is 0. The molecule has 0 aromatic carbocycles. The van der Waals surface area contributed by atoms with Gasteiger partial charge in [0.05, 0.1) is 6.07 Å². The van der Waals surface area contributed by atoms with Gasteiger partial charge in [0.2, 0.25) is 0 Å². The summed E-state index contributed by atoms with van der Waals surface area (Å²) in [6, 6.07) is 2.51. The van der Waals surface area contributed by atoms with E-state index in [4.69, 9.17) is 10.00 Å². The summed E-state index contributed by atoms with van der Waals surface area (Å²) in [5.74, 6) is 0. The van der Waals surface area contributed by atoms with Crippen molar-refractivity contribution in [3.8, 4) is 6.07 Å². The Labute approximate surface area is 105 Å². The maximum absolute atomic E-state index is 11.5. The van der Waals surface area contributed by atoms with Gasteiger partial charge >= 0.3 is 5.69 Å². The Hall–Kier alpha value is -1.99. The molecule has 1 aromatic heterocycles. The molecule has 0 bridgehead atoms. The second kappa shape index (κ2) is 4.94. The average molecular weight is 269 g/mol. The molecule has 19 heavy (non-hydrogen) atoms. The molecule has 102 valence electrons. The average Bonchev–Trinajstić information content (AvgIpc) is 2.66. The van der Waals surface area contributed by atoms with E-state index in [1.54, 1.807) is 0 Å². The summed E-state index contributed by atoms with van der Waals surface area (Å²) in [6.07, 6.45) is -6.25. The van der Waals surface area contributed by atoms with Crippen molar-refractivity contribution in [2.45, 2.75) is 30.6 Å². The van der Waals surface area contributed by atoms with Crippen LogP contribution in [-0.4, -0.2) is 49.3 Å². The molecule has 0 radical (unpaired) electrons.